The minimum atomic E-state index is -2.69. The van der Waals surface area contributed by atoms with Crippen LogP contribution in [0, 0.1) is 3.57 Å². The number of aldehydes is 1. The zero-order valence-electron chi connectivity index (χ0n) is 6.10. The molecule has 0 aliphatic heterocycles. The molecule has 1 rings (SSSR count). The van der Waals surface area contributed by atoms with Crippen LogP contribution in [-0.4, -0.2) is 11.3 Å². The lowest BCUT2D eigenvalue weighted by Gasteiger charge is -2.06. The molecule has 1 aromatic rings. The monoisotopic (exact) mass is 317 g/mol. The zero-order chi connectivity index (χ0) is 10.0. The molecule has 0 fully saturated rings. The van der Waals surface area contributed by atoms with Crippen LogP contribution in [0.2, 0.25) is 5.02 Å². The summed E-state index contributed by atoms with van der Waals surface area (Å²) in [6.07, 6.45) is -1.15. The summed E-state index contributed by atoms with van der Waals surface area (Å²) in [5.74, 6) is 0. The topological polar surface area (TPSA) is 30.0 Å². The predicted molar refractivity (Wildman–Crippen MR) is 52.3 cm³/mol. The Morgan fingerprint density at radius 2 is 2.23 bits per heavy atom. The Balaban J connectivity index is 3.38. The van der Waals surface area contributed by atoms with E-state index in [-0.39, 0.29) is 19.9 Å². The van der Waals surface area contributed by atoms with Crippen LogP contribution in [0.25, 0.3) is 0 Å². The molecule has 1 aromatic heterocycles. The third kappa shape index (κ3) is 2.14. The van der Waals surface area contributed by atoms with Crippen molar-refractivity contribution in [1.82, 2.24) is 4.98 Å². The van der Waals surface area contributed by atoms with Gasteiger partial charge >= 0.3 is 0 Å². The molecule has 0 saturated carbocycles. The first-order chi connectivity index (χ1) is 6.07. The summed E-state index contributed by atoms with van der Waals surface area (Å²) in [6.45, 7) is 0. The lowest BCUT2D eigenvalue weighted by molar-refractivity contribution is 0.111. The van der Waals surface area contributed by atoms with Gasteiger partial charge in [-0.1, -0.05) is 11.6 Å². The molecule has 2 nitrogen and oxygen atoms in total. The number of hydrogen-bond donors (Lipinski definition) is 0. The molecule has 0 bridgehead atoms. The fourth-order valence-electron chi connectivity index (χ4n) is 0.777. The van der Waals surface area contributed by atoms with Crippen LogP contribution in [0.3, 0.4) is 0 Å². The molecule has 0 radical (unpaired) electrons. The maximum atomic E-state index is 12.4. The van der Waals surface area contributed by atoms with E-state index in [0.29, 0.717) is 6.29 Å². The number of carbonyl (C=O) groups excluding carboxylic acids is 1. The maximum absolute atomic E-state index is 12.4. The number of halogens is 4. The second-order valence-electron chi connectivity index (χ2n) is 2.14. The summed E-state index contributed by atoms with van der Waals surface area (Å²) >= 11 is 7.22. The first kappa shape index (κ1) is 10.8. The molecule has 1 heterocycles. The van der Waals surface area contributed by atoms with E-state index in [9.17, 15) is 13.6 Å². The van der Waals surface area contributed by atoms with E-state index >= 15 is 0 Å². The normalized spacial score (nSPS) is 10.5. The smallest absolute Gasteiger partial charge is 0.266 e. The van der Waals surface area contributed by atoms with E-state index in [1.54, 1.807) is 22.6 Å². The van der Waals surface area contributed by atoms with Gasteiger partial charge < -0.3 is 0 Å². The zero-order valence-corrected chi connectivity index (χ0v) is 9.01. The van der Waals surface area contributed by atoms with Crippen molar-refractivity contribution in [1.29, 1.82) is 0 Å². The van der Waals surface area contributed by atoms with Gasteiger partial charge in [-0.25, -0.2) is 8.78 Å². The average Bonchev–Trinajstić information content (AvgIpc) is 2.04. The molecule has 0 spiro atoms. The number of nitrogens with zero attached hydrogens (tertiary/aromatic N) is 1. The second-order valence-corrected chi connectivity index (χ2v) is 3.68. The molecule has 13 heavy (non-hydrogen) atoms. The fourth-order valence-corrected chi connectivity index (χ4v) is 1.86. The fraction of sp³-hybridized carbons (Fsp3) is 0.143. The van der Waals surface area contributed by atoms with Crippen LogP contribution >= 0.6 is 34.2 Å². The summed E-state index contributed by atoms with van der Waals surface area (Å²) in [6, 6.07) is 0. The Morgan fingerprint density at radius 1 is 1.62 bits per heavy atom. The van der Waals surface area contributed by atoms with Gasteiger partial charge in [-0.15, -0.1) is 0 Å². The molecular formula is C7H3ClF2INO. The van der Waals surface area contributed by atoms with Crippen molar-refractivity contribution in [2.75, 3.05) is 0 Å². The van der Waals surface area contributed by atoms with Crippen LogP contribution < -0.4 is 0 Å². The highest BCUT2D eigenvalue weighted by Crippen LogP contribution is 2.31. The summed E-state index contributed by atoms with van der Waals surface area (Å²) in [5, 5.41) is -0.267. The number of hydrogen-bond acceptors (Lipinski definition) is 2. The lowest BCUT2D eigenvalue weighted by Crippen LogP contribution is -1.98. The van der Waals surface area contributed by atoms with Gasteiger partial charge in [-0.2, -0.15) is 0 Å². The van der Waals surface area contributed by atoms with Gasteiger partial charge in [0.15, 0.2) is 6.29 Å². The van der Waals surface area contributed by atoms with Gasteiger partial charge in [-0.05, 0) is 22.6 Å². The van der Waals surface area contributed by atoms with Crippen LogP contribution in [0.4, 0.5) is 8.78 Å². The summed E-state index contributed by atoms with van der Waals surface area (Å²) < 4.78 is 25.0. The first-order valence-electron chi connectivity index (χ1n) is 3.15. The van der Waals surface area contributed by atoms with Crippen molar-refractivity contribution >= 4 is 40.5 Å². The third-order valence-corrected chi connectivity index (χ3v) is 2.62. The minimum absolute atomic E-state index is 0.155. The predicted octanol–water partition coefficient (Wildman–Crippen LogP) is 3.09. The van der Waals surface area contributed by atoms with Gasteiger partial charge in [0.2, 0.25) is 0 Å². The van der Waals surface area contributed by atoms with Crippen LogP contribution in [0.1, 0.15) is 22.5 Å². The van der Waals surface area contributed by atoms with Crippen molar-refractivity contribution in [3.8, 4) is 0 Å². The van der Waals surface area contributed by atoms with E-state index in [4.69, 9.17) is 11.6 Å². The molecule has 70 valence electrons. The number of pyridine rings is 1. The lowest BCUT2D eigenvalue weighted by atomic mass is 10.2. The SMILES string of the molecule is O=Cc1ncc(I)c(C(F)F)c1Cl. The van der Waals surface area contributed by atoms with Gasteiger partial charge in [-0.3, -0.25) is 9.78 Å². The Hall–Kier alpha value is -0.300. The molecular weight excluding hydrogens is 314 g/mol. The van der Waals surface area contributed by atoms with Crippen molar-refractivity contribution in [3.63, 3.8) is 0 Å². The van der Waals surface area contributed by atoms with Gasteiger partial charge in [0.05, 0.1) is 10.6 Å². The highest BCUT2D eigenvalue weighted by Gasteiger charge is 2.19. The average molecular weight is 317 g/mol. The van der Waals surface area contributed by atoms with E-state index in [1.807, 2.05) is 0 Å². The summed E-state index contributed by atoms with van der Waals surface area (Å²) in [5.41, 5.74) is -0.489. The maximum Gasteiger partial charge on any atom is 0.266 e. The summed E-state index contributed by atoms with van der Waals surface area (Å²) in [7, 11) is 0. The Morgan fingerprint density at radius 3 is 2.69 bits per heavy atom. The molecule has 0 atom stereocenters. The number of rotatable bonds is 2. The van der Waals surface area contributed by atoms with Crippen LogP contribution in [0.5, 0.6) is 0 Å². The van der Waals surface area contributed by atoms with Gasteiger partial charge in [0.25, 0.3) is 6.43 Å². The second kappa shape index (κ2) is 4.28. The first-order valence-corrected chi connectivity index (χ1v) is 4.60. The van der Waals surface area contributed by atoms with Crippen molar-refractivity contribution < 1.29 is 13.6 Å². The van der Waals surface area contributed by atoms with Crippen molar-refractivity contribution in [3.05, 3.63) is 26.0 Å². The Labute approximate surface area is 91.4 Å². The molecule has 0 saturated heterocycles. The number of carbonyl (C=O) groups is 1. The Bertz CT molecular complexity index is 346. The molecule has 0 N–H and O–H groups in total. The van der Waals surface area contributed by atoms with Crippen molar-refractivity contribution in [2.24, 2.45) is 0 Å². The molecule has 0 aromatic carbocycles. The molecule has 0 aliphatic carbocycles. The summed E-state index contributed by atoms with van der Waals surface area (Å²) in [4.78, 5) is 13.9. The highest BCUT2D eigenvalue weighted by atomic mass is 127. The largest absolute Gasteiger partial charge is 0.296 e. The van der Waals surface area contributed by atoms with Gasteiger partial charge in [0.1, 0.15) is 5.69 Å². The minimum Gasteiger partial charge on any atom is -0.296 e. The standard InChI is InChI=1S/C7H3ClF2INO/c8-6-4(2-13)12-1-3(11)5(6)7(9)10/h1-2,7H. The van der Waals surface area contributed by atoms with Crippen LogP contribution in [0.15, 0.2) is 6.20 Å². The number of alkyl halides is 2. The molecule has 0 unspecified atom stereocenters. The van der Waals surface area contributed by atoms with E-state index in [0.717, 1.165) is 0 Å². The number of aromatic nitrogens is 1. The quantitative estimate of drug-likeness (QED) is 0.620. The van der Waals surface area contributed by atoms with Gasteiger partial charge in [0, 0.05) is 9.77 Å². The van der Waals surface area contributed by atoms with Crippen molar-refractivity contribution in [2.45, 2.75) is 6.43 Å². The Kier molecular flexibility index (Phi) is 3.55. The third-order valence-electron chi connectivity index (χ3n) is 1.37. The van der Waals surface area contributed by atoms with E-state index in [2.05, 4.69) is 4.98 Å². The van der Waals surface area contributed by atoms with E-state index in [1.165, 1.54) is 6.20 Å². The van der Waals surface area contributed by atoms with Crippen LogP contribution in [-0.2, 0) is 0 Å². The molecule has 0 amide bonds. The highest BCUT2D eigenvalue weighted by molar-refractivity contribution is 14.1. The molecule has 6 heteroatoms. The van der Waals surface area contributed by atoms with E-state index < -0.39 is 6.43 Å². The molecule has 0 aliphatic rings.